The van der Waals surface area contributed by atoms with Crippen LogP contribution in [0, 0.1) is 0 Å². The molecule has 2 atom stereocenters. The zero-order valence-corrected chi connectivity index (χ0v) is 20.6. The lowest BCUT2D eigenvalue weighted by molar-refractivity contribution is -0.145. The Hall–Kier alpha value is -3.55. The van der Waals surface area contributed by atoms with Crippen molar-refractivity contribution in [3.05, 3.63) is 108 Å². The summed E-state index contributed by atoms with van der Waals surface area (Å²) < 4.78 is 38.9. The maximum absolute atomic E-state index is 13.8. The number of H-pyrrole nitrogens is 1. The van der Waals surface area contributed by atoms with E-state index >= 15 is 0 Å². The zero-order chi connectivity index (χ0) is 25.0. The van der Waals surface area contributed by atoms with E-state index in [9.17, 15) is 13.2 Å². The number of halogens is 1. The van der Waals surface area contributed by atoms with Gasteiger partial charge in [-0.15, -0.1) is 6.58 Å². The lowest BCUT2D eigenvalue weighted by Crippen LogP contribution is -2.24. The highest BCUT2D eigenvalue weighted by Gasteiger charge is 2.38. The van der Waals surface area contributed by atoms with Crippen LogP contribution in [0.2, 0.25) is 5.02 Å². The van der Waals surface area contributed by atoms with Crippen LogP contribution < -0.4 is 4.74 Å². The normalized spacial score (nSPS) is 13.2. The molecular weight excluding hydrogens is 486 g/mol. The molecule has 0 amide bonds. The average molecular weight is 510 g/mol. The number of aromatic amines is 1. The van der Waals surface area contributed by atoms with Gasteiger partial charge in [0, 0.05) is 22.3 Å². The van der Waals surface area contributed by atoms with Gasteiger partial charge in [-0.2, -0.15) is 0 Å². The Morgan fingerprint density at radius 1 is 1.03 bits per heavy atom. The molecule has 0 aliphatic heterocycles. The van der Waals surface area contributed by atoms with E-state index in [2.05, 4.69) is 11.6 Å². The summed E-state index contributed by atoms with van der Waals surface area (Å²) in [6.07, 6.45) is 1.36. The minimum Gasteiger partial charge on any atom is -0.457 e. The number of carbonyl (C=O) groups is 1. The number of hydrogen-bond donors (Lipinski definition) is 1. The van der Waals surface area contributed by atoms with Crippen molar-refractivity contribution in [3.63, 3.8) is 0 Å². The summed E-state index contributed by atoms with van der Waals surface area (Å²) >= 11 is 6.08. The van der Waals surface area contributed by atoms with Crippen molar-refractivity contribution in [2.75, 3.05) is 0 Å². The van der Waals surface area contributed by atoms with Crippen LogP contribution in [0.25, 0.3) is 10.9 Å². The molecular formula is C27H24ClNO5S. The molecule has 6 nitrogen and oxygen atoms in total. The standard InChI is InChI=1S/C27H24ClNO5S/c1-3-25(18-10-13-22(14-11-18)33-21-8-6-5-7-9-21)35(31,32)27(34-26(30)4-2)24-17-19-16-20(28)12-15-23(19)29-24/h3,5-17,25,27,29H,1,4H2,2H3. The SMILES string of the molecule is C=CC(c1ccc(Oc2ccccc2)cc1)S(=O)(=O)C(OC(=O)CC)c1cc2cc(Cl)ccc2[nH]1. The maximum atomic E-state index is 13.8. The highest BCUT2D eigenvalue weighted by atomic mass is 35.5. The first-order chi connectivity index (χ1) is 16.8. The second-order valence-corrected chi connectivity index (χ2v) is 10.4. The van der Waals surface area contributed by atoms with Crippen molar-refractivity contribution in [2.45, 2.75) is 24.0 Å². The van der Waals surface area contributed by atoms with Crippen LogP contribution in [0.3, 0.4) is 0 Å². The van der Waals surface area contributed by atoms with E-state index in [0.29, 0.717) is 33.0 Å². The van der Waals surface area contributed by atoms with Crippen LogP contribution in [0.5, 0.6) is 11.5 Å². The third-order valence-corrected chi connectivity index (χ3v) is 7.79. The predicted octanol–water partition coefficient (Wildman–Crippen LogP) is 6.91. The molecule has 0 fully saturated rings. The van der Waals surface area contributed by atoms with E-state index in [1.54, 1.807) is 55.5 Å². The van der Waals surface area contributed by atoms with Gasteiger partial charge in [-0.1, -0.05) is 54.9 Å². The van der Waals surface area contributed by atoms with E-state index in [4.69, 9.17) is 21.1 Å². The van der Waals surface area contributed by atoms with E-state index in [0.717, 1.165) is 0 Å². The summed E-state index contributed by atoms with van der Waals surface area (Å²) in [6.45, 7) is 5.35. The summed E-state index contributed by atoms with van der Waals surface area (Å²) in [6, 6.07) is 22.7. The highest BCUT2D eigenvalue weighted by molar-refractivity contribution is 7.91. The number of fused-ring (bicyclic) bond motifs is 1. The van der Waals surface area contributed by atoms with Crippen molar-refractivity contribution >= 4 is 38.3 Å². The summed E-state index contributed by atoms with van der Waals surface area (Å²) in [5.41, 5.74) is -0.170. The maximum Gasteiger partial charge on any atom is 0.307 e. The van der Waals surface area contributed by atoms with Gasteiger partial charge in [0.15, 0.2) is 0 Å². The van der Waals surface area contributed by atoms with Crippen LogP contribution in [-0.2, 0) is 19.4 Å². The molecule has 0 aliphatic rings. The third-order valence-electron chi connectivity index (χ3n) is 5.44. The monoisotopic (exact) mass is 509 g/mol. The van der Waals surface area contributed by atoms with E-state index in [1.165, 1.54) is 6.08 Å². The largest absolute Gasteiger partial charge is 0.457 e. The minimum atomic E-state index is -4.12. The minimum absolute atomic E-state index is 0.0301. The lowest BCUT2D eigenvalue weighted by atomic mass is 10.1. The van der Waals surface area contributed by atoms with E-state index in [1.807, 2.05) is 30.3 Å². The Labute approximate surface area is 209 Å². The summed E-state index contributed by atoms with van der Waals surface area (Å²) in [4.78, 5) is 15.3. The molecule has 1 aromatic heterocycles. The van der Waals surface area contributed by atoms with E-state index < -0.39 is 26.5 Å². The molecule has 0 aliphatic carbocycles. The number of ether oxygens (including phenoxy) is 2. The lowest BCUT2D eigenvalue weighted by Gasteiger charge is -2.22. The molecule has 4 aromatic rings. The number of benzene rings is 3. The van der Waals surface area contributed by atoms with Crippen LogP contribution in [0.15, 0.2) is 91.5 Å². The molecule has 0 saturated heterocycles. The highest BCUT2D eigenvalue weighted by Crippen LogP contribution is 2.38. The van der Waals surface area contributed by atoms with Crippen LogP contribution in [0.1, 0.15) is 35.3 Å². The van der Waals surface area contributed by atoms with Gasteiger partial charge in [0.25, 0.3) is 0 Å². The van der Waals surface area contributed by atoms with Crippen LogP contribution in [0.4, 0.5) is 0 Å². The number of esters is 1. The number of sulfone groups is 1. The molecule has 0 saturated carbocycles. The molecule has 1 heterocycles. The Morgan fingerprint density at radius 3 is 2.37 bits per heavy atom. The van der Waals surface area contributed by atoms with Gasteiger partial charge in [0.1, 0.15) is 16.7 Å². The molecule has 8 heteroatoms. The molecule has 0 radical (unpaired) electrons. The third kappa shape index (κ3) is 5.42. The second-order valence-electron chi connectivity index (χ2n) is 7.86. The number of carbonyl (C=O) groups excluding carboxylic acids is 1. The molecule has 180 valence electrons. The number of hydrogen-bond acceptors (Lipinski definition) is 5. The zero-order valence-electron chi connectivity index (χ0n) is 19.0. The number of nitrogens with one attached hydrogen (secondary N) is 1. The Kier molecular flexibility index (Phi) is 7.28. The topological polar surface area (TPSA) is 85.5 Å². The fraction of sp³-hybridized carbons (Fsp3) is 0.148. The van der Waals surface area contributed by atoms with Crippen LogP contribution >= 0.6 is 11.6 Å². The average Bonchev–Trinajstić information content (AvgIpc) is 3.27. The number of para-hydroxylation sites is 1. The smallest absolute Gasteiger partial charge is 0.307 e. The molecule has 4 rings (SSSR count). The quantitative estimate of drug-likeness (QED) is 0.196. The van der Waals surface area contributed by atoms with Crippen molar-refractivity contribution in [1.29, 1.82) is 0 Å². The fourth-order valence-corrected chi connectivity index (χ4v) is 5.68. The molecule has 0 bridgehead atoms. The van der Waals surface area contributed by atoms with E-state index in [-0.39, 0.29) is 12.1 Å². The van der Waals surface area contributed by atoms with Crippen LogP contribution in [-0.4, -0.2) is 19.4 Å². The summed E-state index contributed by atoms with van der Waals surface area (Å²) in [5, 5.41) is 0.0885. The van der Waals surface area contributed by atoms with Crippen molar-refractivity contribution in [2.24, 2.45) is 0 Å². The number of rotatable bonds is 9. The molecule has 2 unspecified atom stereocenters. The van der Waals surface area contributed by atoms with Gasteiger partial charge in [0.05, 0.1) is 5.69 Å². The first-order valence-corrected chi connectivity index (χ1v) is 13.0. The first kappa shape index (κ1) is 24.6. The number of aromatic nitrogens is 1. The fourth-order valence-electron chi connectivity index (χ4n) is 3.71. The van der Waals surface area contributed by atoms with Crippen molar-refractivity contribution in [1.82, 2.24) is 4.98 Å². The Balaban J connectivity index is 1.68. The van der Waals surface area contributed by atoms with Gasteiger partial charge < -0.3 is 14.5 Å². The second kappa shape index (κ2) is 10.4. The molecule has 0 spiro atoms. The van der Waals surface area contributed by atoms with Gasteiger partial charge in [-0.3, -0.25) is 4.79 Å². The van der Waals surface area contributed by atoms with Gasteiger partial charge >= 0.3 is 5.97 Å². The first-order valence-electron chi connectivity index (χ1n) is 11.0. The summed E-state index contributed by atoms with van der Waals surface area (Å²) in [5.74, 6) is 0.588. The van der Waals surface area contributed by atoms with Gasteiger partial charge in [0.2, 0.25) is 15.3 Å². The summed E-state index contributed by atoms with van der Waals surface area (Å²) in [7, 11) is -4.12. The molecule has 1 N–H and O–H groups in total. The Bertz CT molecular complexity index is 1450. The predicted molar refractivity (Wildman–Crippen MR) is 137 cm³/mol. The van der Waals surface area contributed by atoms with Gasteiger partial charge in [-0.25, -0.2) is 8.42 Å². The molecule has 3 aromatic carbocycles. The Morgan fingerprint density at radius 2 is 1.71 bits per heavy atom. The van der Waals surface area contributed by atoms with Crippen molar-refractivity contribution in [3.8, 4) is 11.5 Å². The van der Waals surface area contributed by atoms with Gasteiger partial charge in [-0.05, 0) is 54.1 Å². The molecule has 35 heavy (non-hydrogen) atoms. The van der Waals surface area contributed by atoms with Crippen molar-refractivity contribution < 1.29 is 22.7 Å².